The molecule has 1 rings (SSSR count). The van der Waals surface area contributed by atoms with Crippen LogP contribution in [0.2, 0.25) is 0 Å². The van der Waals surface area contributed by atoms with Crippen LogP contribution in [-0.4, -0.2) is 25.7 Å². The van der Waals surface area contributed by atoms with Crippen molar-refractivity contribution in [2.45, 2.75) is 0 Å². The van der Waals surface area contributed by atoms with E-state index in [0.29, 0.717) is 5.69 Å². The number of nitrogens with one attached hydrogen (secondary N) is 2. The monoisotopic (exact) mass is 230 g/mol. The summed E-state index contributed by atoms with van der Waals surface area (Å²) in [6, 6.07) is 5.66. The Hall–Kier alpha value is -1.60. The van der Waals surface area contributed by atoms with Crippen molar-refractivity contribution >= 4 is 21.7 Å². The molecule has 0 unspecified atom stereocenters. The van der Waals surface area contributed by atoms with Crippen LogP contribution in [0.1, 0.15) is 10.4 Å². The largest absolute Gasteiger partial charge is 0.478 e. The van der Waals surface area contributed by atoms with Gasteiger partial charge in [-0.3, -0.25) is 0 Å². The van der Waals surface area contributed by atoms with Gasteiger partial charge in [0.1, 0.15) is 0 Å². The molecule has 0 spiro atoms. The molecular formula is C8H10N2O4S. The van der Waals surface area contributed by atoms with Gasteiger partial charge in [0.15, 0.2) is 0 Å². The minimum atomic E-state index is -3.33. The van der Waals surface area contributed by atoms with Gasteiger partial charge in [-0.05, 0) is 24.3 Å². The third-order valence-electron chi connectivity index (χ3n) is 1.51. The number of anilines is 1. The molecule has 82 valence electrons. The molecular weight excluding hydrogens is 220 g/mol. The standard InChI is InChI=1S/C8H10N2O4S/c1-15(13,14)10-9-7-4-2-6(3-5-7)8(11)12/h2-5,9-10H,1H3,(H,11,12). The molecule has 1 aromatic carbocycles. The molecule has 7 heteroatoms. The van der Waals surface area contributed by atoms with Crippen molar-refractivity contribution in [1.29, 1.82) is 0 Å². The zero-order valence-corrected chi connectivity index (χ0v) is 8.71. The summed E-state index contributed by atoms with van der Waals surface area (Å²) in [6.45, 7) is 0. The van der Waals surface area contributed by atoms with Crippen molar-refractivity contribution in [3.05, 3.63) is 29.8 Å². The van der Waals surface area contributed by atoms with E-state index in [2.05, 4.69) is 10.3 Å². The van der Waals surface area contributed by atoms with Gasteiger partial charge in [0.25, 0.3) is 0 Å². The number of rotatable bonds is 4. The van der Waals surface area contributed by atoms with E-state index >= 15 is 0 Å². The average molecular weight is 230 g/mol. The summed E-state index contributed by atoms with van der Waals surface area (Å²) < 4.78 is 21.4. The van der Waals surface area contributed by atoms with E-state index in [9.17, 15) is 13.2 Å². The zero-order valence-electron chi connectivity index (χ0n) is 7.89. The van der Waals surface area contributed by atoms with E-state index in [1.165, 1.54) is 24.3 Å². The summed E-state index contributed by atoms with van der Waals surface area (Å²) in [5.74, 6) is -1.03. The molecule has 3 N–H and O–H groups in total. The van der Waals surface area contributed by atoms with E-state index in [0.717, 1.165) is 6.26 Å². The van der Waals surface area contributed by atoms with E-state index < -0.39 is 16.0 Å². The minimum Gasteiger partial charge on any atom is -0.478 e. The Kier molecular flexibility index (Phi) is 3.28. The highest BCUT2D eigenvalue weighted by atomic mass is 32.2. The lowest BCUT2D eigenvalue weighted by Gasteiger charge is -2.05. The first-order valence-corrected chi connectivity index (χ1v) is 5.84. The summed E-state index contributed by atoms with van der Waals surface area (Å²) in [5.41, 5.74) is 3.02. The molecule has 0 fully saturated rings. The molecule has 15 heavy (non-hydrogen) atoms. The van der Waals surface area contributed by atoms with E-state index in [1.54, 1.807) is 0 Å². The maximum atomic E-state index is 10.7. The molecule has 6 nitrogen and oxygen atoms in total. The molecule has 0 radical (unpaired) electrons. The molecule has 0 bridgehead atoms. The van der Waals surface area contributed by atoms with Crippen LogP contribution < -0.4 is 10.3 Å². The van der Waals surface area contributed by atoms with Gasteiger partial charge in [-0.15, -0.1) is 4.83 Å². The Bertz CT molecular complexity index is 452. The molecule has 0 aliphatic rings. The number of carboxylic acid groups (broad SMARTS) is 1. The third-order valence-corrected chi connectivity index (χ3v) is 1.99. The Morgan fingerprint density at radius 2 is 1.80 bits per heavy atom. The van der Waals surface area contributed by atoms with Crippen LogP contribution in [0.3, 0.4) is 0 Å². The van der Waals surface area contributed by atoms with Crippen molar-refractivity contribution < 1.29 is 18.3 Å². The SMILES string of the molecule is CS(=O)(=O)NNc1ccc(C(=O)O)cc1. The Morgan fingerprint density at radius 1 is 1.27 bits per heavy atom. The normalized spacial score (nSPS) is 11.0. The number of sulfonamides is 1. The maximum Gasteiger partial charge on any atom is 0.335 e. The van der Waals surface area contributed by atoms with Crippen LogP contribution >= 0.6 is 0 Å². The number of hydrogen-bond acceptors (Lipinski definition) is 4. The highest BCUT2D eigenvalue weighted by molar-refractivity contribution is 7.88. The number of aromatic carboxylic acids is 1. The second-order valence-electron chi connectivity index (χ2n) is 2.88. The Labute approximate surface area is 86.9 Å². The fourth-order valence-corrected chi connectivity index (χ4v) is 1.15. The van der Waals surface area contributed by atoms with Gasteiger partial charge in [0, 0.05) is 5.69 Å². The molecule has 1 aromatic rings. The smallest absolute Gasteiger partial charge is 0.335 e. The van der Waals surface area contributed by atoms with Gasteiger partial charge in [0.05, 0.1) is 11.8 Å². The minimum absolute atomic E-state index is 0.139. The summed E-state index contributed by atoms with van der Waals surface area (Å²) >= 11 is 0. The number of benzene rings is 1. The van der Waals surface area contributed by atoms with E-state index in [1.807, 2.05) is 0 Å². The van der Waals surface area contributed by atoms with Crippen LogP contribution in [0.15, 0.2) is 24.3 Å². The van der Waals surface area contributed by atoms with Gasteiger partial charge in [0.2, 0.25) is 10.0 Å². The second-order valence-corrected chi connectivity index (χ2v) is 4.63. The first kappa shape index (κ1) is 11.5. The lowest BCUT2D eigenvalue weighted by atomic mass is 10.2. The van der Waals surface area contributed by atoms with Gasteiger partial charge < -0.3 is 10.5 Å². The van der Waals surface area contributed by atoms with Crippen molar-refractivity contribution in [3.8, 4) is 0 Å². The van der Waals surface area contributed by atoms with Crippen molar-refractivity contribution in [3.63, 3.8) is 0 Å². The van der Waals surface area contributed by atoms with Crippen LogP contribution in [0.5, 0.6) is 0 Å². The zero-order chi connectivity index (χ0) is 11.5. The topological polar surface area (TPSA) is 95.5 Å². The van der Waals surface area contributed by atoms with Crippen LogP contribution in [0.4, 0.5) is 5.69 Å². The van der Waals surface area contributed by atoms with Crippen molar-refractivity contribution in [2.24, 2.45) is 0 Å². The summed E-state index contributed by atoms with van der Waals surface area (Å²) in [4.78, 5) is 12.6. The van der Waals surface area contributed by atoms with Crippen LogP contribution in [-0.2, 0) is 10.0 Å². The number of carboxylic acids is 1. The number of hydrogen-bond donors (Lipinski definition) is 3. The van der Waals surface area contributed by atoms with Crippen LogP contribution in [0.25, 0.3) is 0 Å². The highest BCUT2D eigenvalue weighted by Gasteiger charge is 2.02. The first-order chi connectivity index (χ1) is 6.88. The number of carbonyl (C=O) groups is 1. The predicted octanol–water partition coefficient (Wildman–Crippen LogP) is 0.261. The summed E-state index contributed by atoms with van der Waals surface area (Å²) in [5, 5.41) is 8.60. The maximum absolute atomic E-state index is 10.7. The fourth-order valence-electron chi connectivity index (χ4n) is 0.848. The molecule has 0 aromatic heterocycles. The highest BCUT2D eigenvalue weighted by Crippen LogP contribution is 2.08. The predicted molar refractivity (Wildman–Crippen MR) is 55.0 cm³/mol. The summed E-state index contributed by atoms with van der Waals surface area (Å²) in [6.07, 6.45) is 1.01. The van der Waals surface area contributed by atoms with Crippen molar-refractivity contribution in [1.82, 2.24) is 4.83 Å². The number of hydrazine groups is 1. The quantitative estimate of drug-likeness (QED) is 0.645. The molecule has 0 saturated heterocycles. The molecule has 0 heterocycles. The van der Waals surface area contributed by atoms with Gasteiger partial charge >= 0.3 is 5.97 Å². The van der Waals surface area contributed by atoms with Gasteiger partial charge in [-0.25, -0.2) is 13.2 Å². The lowest BCUT2D eigenvalue weighted by molar-refractivity contribution is 0.0697. The Balaban J connectivity index is 2.69. The fraction of sp³-hybridized carbons (Fsp3) is 0.125. The lowest BCUT2D eigenvalue weighted by Crippen LogP contribution is -2.28. The van der Waals surface area contributed by atoms with Gasteiger partial charge in [-0.1, -0.05) is 0 Å². The molecule has 0 amide bonds. The average Bonchev–Trinajstić information content (AvgIpc) is 2.14. The summed E-state index contributed by atoms with van der Waals surface area (Å²) in [7, 11) is -3.33. The van der Waals surface area contributed by atoms with E-state index in [-0.39, 0.29) is 5.56 Å². The van der Waals surface area contributed by atoms with Crippen molar-refractivity contribution in [2.75, 3.05) is 11.7 Å². The molecule has 0 aliphatic carbocycles. The molecule has 0 atom stereocenters. The first-order valence-electron chi connectivity index (χ1n) is 3.94. The molecule has 0 saturated carbocycles. The third kappa shape index (κ3) is 3.96. The second kappa shape index (κ2) is 4.28. The Morgan fingerprint density at radius 3 is 2.20 bits per heavy atom. The van der Waals surface area contributed by atoms with Crippen LogP contribution in [0, 0.1) is 0 Å². The van der Waals surface area contributed by atoms with Gasteiger partial charge in [-0.2, -0.15) is 0 Å². The van der Waals surface area contributed by atoms with E-state index in [4.69, 9.17) is 5.11 Å². The molecule has 0 aliphatic heterocycles.